The summed E-state index contributed by atoms with van der Waals surface area (Å²) in [5, 5.41) is 26.9. The zero-order valence-electron chi connectivity index (χ0n) is 20.5. The number of aliphatic hydroxyl groups is 1. The highest BCUT2D eigenvalue weighted by atomic mass is 35.5. The summed E-state index contributed by atoms with van der Waals surface area (Å²) < 4.78 is 0. The number of anilines is 2. The first kappa shape index (κ1) is 25.8. The Morgan fingerprint density at radius 2 is 1.76 bits per heavy atom. The normalized spacial score (nSPS) is 10.9. The number of nitrogens with one attached hydrogen (secondary N) is 2. The zero-order chi connectivity index (χ0) is 26.3. The van der Waals surface area contributed by atoms with Crippen LogP contribution in [0.1, 0.15) is 11.1 Å². The minimum Gasteiger partial charge on any atom is -0.395 e. The number of aromatic nitrogens is 1. The Morgan fingerprint density at radius 3 is 2.55 bits per heavy atom. The number of fused-ring (bicyclic) bond motifs is 1. The molecule has 188 valence electrons. The van der Waals surface area contributed by atoms with Crippen LogP contribution < -0.4 is 10.6 Å². The molecular formula is C31H25ClN4OS. The third-order valence-corrected chi connectivity index (χ3v) is 7.55. The molecule has 5 rings (SSSR count). The molecule has 0 atom stereocenters. The summed E-state index contributed by atoms with van der Waals surface area (Å²) in [7, 11) is 0. The van der Waals surface area contributed by atoms with Crippen molar-refractivity contribution in [2.24, 2.45) is 0 Å². The number of nitrogens with zero attached hydrogens (tertiary/aromatic N) is 2. The number of aliphatic hydroxyl groups excluding tert-OH is 1. The number of hydrogen-bond acceptors (Lipinski definition) is 6. The van der Waals surface area contributed by atoms with E-state index in [1.54, 1.807) is 18.0 Å². The maximum Gasteiger partial charge on any atom is 0.103 e. The second-order valence-corrected chi connectivity index (χ2v) is 10.2. The Kier molecular flexibility index (Phi) is 8.22. The van der Waals surface area contributed by atoms with Crippen molar-refractivity contribution in [3.8, 4) is 17.2 Å². The van der Waals surface area contributed by atoms with Crippen LogP contribution in [0.3, 0.4) is 0 Å². The molecular weight excluding hydrogens is 512 g/mol. The van der Waals surface area contributed by atoms with Crippen molar-refractivity contribution >= 4 is 45.6 Å². The predicted octanol–water partition coefficient (Wildman–Crippen LogP) is 7.40. The SMILES string of the molecule is N#Cc1cnc2cc(-c3cccc(CNCCO)c3)ccc2c1Nc1ccc(Sc2ccccc2)c(Cl)c1. The molecule has 0 bridgehead atoms. The van der Waals surface area contributed by atoms with Gasteiger partial charge in [0.2, 0.25) is 0 Å². The van der Waals surface area contributed by atoms with Gasteiger partial charge in [0.25, 0.3) is 0 Å². The number of nitriles is 1. The van der Waals surface area contributed by atoms with Crippen molar-refractivity contribution in [1.82, 2.24) is 10.3 Å². The van der Waals surface area contributed by atoms with E-state index < -0.39 is 0 Å². The Morgan fingerprint density at radius 1 is 0.921 bits per heavy atom. The minimum absolute atomic E-state index is 0.111. The summed E-state index contributed by atoms with van der Waals surface area (Å²) in [6.45, 7) is 1.35. The van der Waals surface area contributed by atoms with Gasteiger partial charge in [-0.2, -0.15) is 5.26 Å². The van der Waals surface area contributed by atoms with Crippen molar-refractivity contribution in [3.05, 3.63) is 113 Å². The third-order valence-electron chi connectivity index (χ3n) is 6.04. The molecule has 3 N–H and O–H groups in total. The Hall–Kier alpha value is -3.86. The largest absolute Gasteiger partial charge is 0.395 e. The fourth-order valence-electron chi connectivity index (χ4n) is 4.19. The monoisotopic (exact) mass is 536 g/mol. The molecule has 0 saturated heterocycles. The van der Waals surface area contributed by atoms with Crippen LogP contribution in [0.5, 0.6) is 0 Å². The molecule has 4 aromatic carbocycles. The smallest absolute Gasteiger partial charge is 0.103 e. The fraction of sp³-hybridized carbons (Fsp3) is 0.0968. The van der Waals surface area contributed by atoms with Gasteiger partial charge in [-0.1, -0.05) is 71.9 Å². The van der Waals surface area contributed by atoms with Crippen molar-refractivity contribution in [2.75, 3.05) is 18.5 Å². The Labute approximate surface area is 231 Å². The molecule has 0 spiro atoms. The van der Waals surface area contributed by atoms with Gasteiger partial charge in [0.1, 0.15) is 6.07 Å². The Balaban J connectivity index is 1.43. The van der Waals surface area contributed by atoms with E-state index in [4.69, 9.17) is 16.7 Å². The highest BCUT2D eigenvalue weighted by Crippen LogP contribution is 2.37. The molecule has 0 unspecified atom stereocenters. The topological polar surface area (TPSA) is 81.0 Å². The van der Waals surface area contributed by atoms with Crippen LogP contribution in [0.2, 0.25) is 5.02 Å². The molecule has 7 heteroatoms. The van der Waals surface area contributed by atoms with Gasteiger partial charge in [-0.05, 0) is 59.2 Å². The van der Waals surface area contributed by atoms with Gasteiger partial charge in [0.05, 0.1) is 28.4 Å². The van der Waals surface area contributed by atoms with Gasteiger partial charge in [0.15, 0.2) is 0 Å². The van der Waals surface area contributed by atoms with E-state index in [0.717, 1.165) is 43.1 Å². The van der Waals surface area contributed by atoms with Gasteiger partial charge in [-0.25, -0.2) is 0 Å². The number of halogens is 1. The van der Waals surface area contributed by atoms with Gasteiger partial charge in [0, 0.05) is 40.2 Å². The highest BCUT2D eigenvalue weighted by Gasteiger charge is 2.12. The molecule has 0 fully saturated rings. The van der Waals surface area contributed by atoms with Crippen LogP contribution in [0.4, 0.5) is 11.4 Å². The molecule has 0 saturated carbocycles. The molecule has 38 heavy (non-hydrogen) atoms. The van der Waals surface area contributed by atoms with Crippen molar-refractivity contribution < 1.29 is 5.11 Å². The lowest BCUT2D eigenvalue weighted by molar-refractivity contribution is 0.292. The summed E-state index contributed by atoms with van der Waals surface area (Å²) in [4.78, 5) is 6.65. The second kappa shape index (κ2) is 12.1. The summed E-state index contributed by atoms with van der Waals surface area (Å²) in [5.74, 6) is 0. The van der Waals surface area contributed by atoms with E-state index in [2.05, 4.69) is 39.9 Å². The minimum atomic E-state index is 0.111. The average molecular weight is 537 g/mol. The molecule has 5 aromatic rings. The van der Waals surface area contributed by atoms with Crippen LogP contribution in [-0.2, 0) is 6.54 Å². The Bertz CT molecular complexity index is 1620. The number of benzene rings is 4. The summed E-state index contributed by atoms with van der Waals surface area (Å²) in [6, 6.07) is 32.5. The standard InChI is InChI=1S/C31H25ClN4OS/c32-28-17-25(10-12-30(28)38-26-7-2-1-3-8-26)36-31-24(18-33)20-35-29-16-23(9-11-27(29)31)22-6-4-5-21(15-22)19-34-13-14-37/h1-12,15-17,20,34,37H,13-14,19H2,(H,35,36). The molecule has 0 aliphatic rings. The van der Waals surface area contributed by atoms with Crippen LogP contribution >= 0.6 is 23.4 Å². The van der Waals surface area contributed by atoms with E-state index >= 15 is 0 Å². The molecule has 1 aromatic heterocycles. The first-order valence-corrected chi connectivity index (χ1v) is 13.4. The van der Waals surface area contributed by atoms with Crippen LogP contribution in [0.25, 0.3) is 22.0 Å². The van der Waals surface area contributed by atoms with Crippen molar-refractivity contribution in [1.29, 1.82) is 5.26 Å². The zero-order valence-corrected chi connectivity index (χ0v) is 22.1. The van der Waals surface area contributed by atoms with E-state index in [0.29, 0.717) is 29.4 Å². The number of pyridine rings is 1. The van der Waals surface area contributed by atoms with E-state index in [1.807, 2.05) is 72.8 Å². The summed E-state index contributed by atoms with van der Waals surface area (Å²) in [5.41, 5.74) is 5.99. The van der Waals surface area contributed by atoms with Gasteiger partial charge in [-0.3, -0.25) is 4.98 Å². The summed E-state index contributed by atoms with van der Waals surface area (Å²) >= 11 is 8.23. The lowest BCUT2D eigenvalue weighted by Gasteiger charge is -2.14. The fourth-order valence-corrected chi connectivity index (χ4v) is 5.32. The predicted molar refractivity (Wildman–Crippen MR) is 156 cm³/mol. The molecule has 5 nitrogen and oxygen atoms in total. The second-order valence-electron chi connectivity index (χ2n) is 8.68. The molecule has 0 aliphatic carbocycles. The lowest BCUT2D eigenvalue weighted by Crippen LogP contribution is -2.17. The van der Waals surface area contributed by atoms with Crippen LogP contribution in [-0.4, -0.2) is 23.2 Å². The van der Waals surface area contributed by atoms with E-state index in [9.17, 15) is 5.26 Å². The highest BCUT2D eigenvalue weighted by molar-refractivity contribution is 7.99. The quantitative estimate of drug-likeness (QED) is 0.170. The van der Waals surface area contributed by atoms with Gasteiger partial charge in [-0.15, -0.1) is 0 Å². The van der Waals surface area contributed by atoms with Gasteiger partial charge < -0.3 is 15.7 Å². The maximum atomic E-state index is 9.79. The van der Waals surface area contributed by atoms with Crippen molar-refractivity contribution in [3.63, 3.8) is 0 Å². The lowest BCUT2D eigenvalue weighted by atomic mass is 10.00. The van der Waals surface area contributed by atoms with Crippen molar-refractivity contribution in [2.45, 2.75) is 16.3 Å². The number of hydrogen-bond donors (Lipinski definition) is 3. The maximum absolute atomic E-state index is 9.79. The number of rotatable bonds is 9. The average Bonchev–Trinajstić information content (AvgIpc) is 2.95. The first-order valence-electron chi connectivity index (χ1n) is 12.2. The first-order chi connectivity index (χ1) is 18.6. The molecule has 1 heterocycles. The molecule has 0 aliphatic heterocycles. The van der Waals surface area contributed by atoms with Crippen LogP contribution in [0, 0.1) is 11.3 Å². The van der Waals surface area contributed by atoms with E-state index in [-0.39, 0.29) is 6.61 Å². The summed E-state index contributed by atoms with van der Waals surface area (Å²) in [6.07, 6.45) is 1.60. The third kappa shape index (κ3) is 5.99. The van der Waals surface area contributed by atoms with Gasteiger partial charge >= 0.3 is 0 Å². The molecule has 0 radical (unpaired) electrons. The molecule has 0 amide bonds. The van der Waals surface area contributed by atoms with E-state index in [1.165, 1.54) is 0 Å². The van der Waals surface area contributed by atoms with Crippen LogP contribution in [0.15, 0.2) is 107 Å².